The lowest BCUT2D eigenvalue weighted by Gasteiger charge is -2.31. The van der Waals surface area contributed by atoms with Gasteiger partial charge >= 0.3 is 0 Å². The van der Waals surface area contributed by atoms with E-state index in [9.17, 15) is 13.2 Å². The molecule has 0 radical (unpaired) electrons. The quantitative estimate of drug-likeness (QED) is 0.674. The molecule has 1 aliphatic rings. The highest BCUT2D eigenvalue weighted by Gasteiger charge is 2.32. The van der Waals surface area contributed by atoms with E-state index in [0.717, 1.165) is 11.3 Å². The van der Waals surface area contributed by atoms with E-state index in [2.05, 4.69) is 5.32 Å². The molecule has 1 atom stereocenters. The highest BCUT2D eigenvalue weighted by atomic mass is 32.2. The number of ether oxygens (including phenoxy) is 2. The second kappa shape index (κ2) is 10.2. The average molecular weight is 447 g/mol. The first kappa shape index (κ1) is 23.1. The number of hydrogen-bond donors (Lipinski definition) is 1. The molecule has 0 saturated carbocycles. The number of methoxy groups -OCH3 is 1. The van der Waals surface area contributed by atoms with Crippen LogP contribution in [-0.2, 0) is 14.8 Å². The zero-order valence-corrected chi connectivity index (χ0v) is 19.0. The van der Waals surface area contributed by atoms with Crippen molar-refractivity contribution < 1.29 is 22.7 Å². The molecule has 168 valence electrons. The summed E-state index contributed by atoms with van der Waals surface area (Å²) in [4.78, 5) is 12.8. The molecule has 7 nitrogen and oxygen atoms in total. The van der Waals surface area contributed by atoms with Gasteiger partial charge in [0.15, 0.2) is 0 Å². The molecule has 3 rings (SSSR count). The van der Waals surface area contributed by atoms with E-state index in [0.29, 0.717) is 38.3 Å². The van der Waals surface area contributed by atoms with E-state index in [1.807, 2.05) is 38.1 Å². The molecule has 0 bridgehead atoms. The molecule has 31 heavy (non-hydrogen) atoms. The van der Waals surface area contributed by atoms with Crippen molar-refractivity contribution in [3.8, 4) is 11.5 Å². The summed E-state index contributed by atoms with van der Waals surface area (Å²) in [6.07, 6.45) is 0.986. The summed E-state index contributed by atoms with van der Waals surface area (Å²) in [5.41, 5.74) is 1.16. The van der Waals surface area contributed by atoms with Crippen LogP contribution in [0.1, 0.15) is 25.3 Å². The van der Waals surface area contributed by atoms with Crippen LogP contribution >= 0.6 is 0 Å². The second-order valence-corrected chi connectivity index (χ2v) is 9.83. The van der Waals surface area contributed by atoms with Crippen molar-refractivity contribution in [2.45, 2.75) is 37.6 Å². The van der Waals surface area contributed by atoms with Crippen LogP contribution in [0.2, 0.25) is 0 Å². The Bertz CT molecular complexity index is 966. The smallest absolute Gasteiger partial charge is 0.243 e. The SMILES string of the molecule is COc1ccc(S(=O)(=O)N2CCC(C(=O)N[C@@H](C)COc3ccc(C)cc3)CC2)cc1. The van der Waals surface area contributed by atoms with Gasteiger partial charge in [0, 0.05) is 19.0 Å². The number of nitrogens with one attached hydrogen (secondary N) is 1. The fraction of sp³-hybridized carbons (Fsp3) is 0.435. The fourth-order valence-corrected chi connectivity index (χ4v) is 4.98. The van der Waals surface area contributed by atoms with Crippen molar-refractivity contribution in [2.24, 2.45) is 5.92 Å². The van der Waals surface area contributed by atoms with E-state index in [-0.39, 0.29) is 22.8 Å². The molecule has 1 fully saturated rings. The second-order valence-electron chi connectivity index (χ2n) is 7.89. The zero-order chi connectivity index (χ0) is 22.4. The first-order valence-electron chi connectivity index (χ1n) is 10.4. The Morgan fingerprint density at radius 2 is 1.65 bits per heavy atom. The number of carbonyl (C=O) groups is 1. The number of nitrogens with zero attached hydrogens (tertiary/aromatic N) is 1. The van der Waals surface area contributed by atoms with Crippen LogP contribution in [0.3, 0.4) is 0 Å². The Labute approximate surface area is 184 Å². The Morgan fingerprint density at radius 1 is 1.06 bits per heavy atom. The molecule has 0 spiro atoms. The van der Waals surface area contributed by atoms with Crippen LogP contribution in [0.4, 0.5) is 0 Å². The minimum absolute atomic E-state index is 0.0542. The van der Waals surface area contributed by atoms with Gasteiger partial charge in [-0.25, -0.2) is 8.42 Å². The highest BCUT2D eigenvalue weighted by Crippen LogP contribution is 2.25. The maximum atomic E-state index is 12.9. The molecule has 1 N–H and O–H groups in total. The normalized spacial score (nSPS) is 16.5. The zero-order valence-electron chi connectivity index (χ0n) is 18.2. The fourth-order valence-electron chi connectivity index (χ4n) is 3.51. The third-order valence-corrected chi connectivity index (χ3v) is 7.34. The Morgan fingerprint density at radius 3 is 2.23 bits per heavy atom. The number of hydrogen-bond acceptors (Lipinski definition) is 5. The summed E-state index contributed by atoms with van der Waals surface area (Å²) in [6, 6.07) is 14.0. The number of amides is 1. The first-order chi connectivity index (χ1) is 14.8. The maximum absolute atomic E-state index is 12.9. The number of piperidine rings is 1. The summed E-state index contributed by atoms with van der Waals surface area (Å²) >= 11 is 0. The molecule has 2 aromatic carbocycles. The molecular weight excluding hydrogens is 416 g/mol. The molecule has 1 aliphatic heterocycles. The first-order valence-corrected chi connectivity index (χ1v) is 11.9. The van der Waals surface area contributed by atoms with Gasteiger partial charge in [-0.2, -0.15) is 4.31 Å². The van der Waals surface area contributed by atoms with Gasteiger partial charge in [-0.05, 0) is 63.1 Å². The van der Waals surface area contributed by atoms with Crippen molar-refractivity contribution >= 4 is 15.9 Å². The summed E-state index contributed by atoms with van der Waals surface area (Å²) in [6.45, 7) is 4.93. The van der Waals surface area contributed by atoms with Crippen LogP contribution < -0.4 is 14.8 Å². The van der Waals surface area contributed by atoms with Gasteiger partial charge in [-0.1, -0.05) is 17.7 Å². The molecule has 1 heterocycles. The summed E-state index contributed by atoms with van der Waals surface area (Å²) in [7, 11) is -2.04. The van der Waals surface area contributed by atoms with Crippen molar-refractivity contribution in [3.63, 3.8) is 0 Å². The van der Waals surface area contributed by atoms with Crippen LogP contribution in [0, 0.1) is 12.8 Å². The molecule has 1 saturated heterocycles. The molecule has 0 unspecified atom stereocenters. The lowest BCUT2D eigenvalue weighted by Crippen LogP contribution is -2.45. The van der Waals surface area contributed by atoms with E-state index in [4.69, 9.17) is 9.47 Å². The largest absolute Gasteiger partial charge is 0.497 e. The van der Waals surface area contributed by atoms with Crippen molar-refractivity contribution in [1.29, 1.82) is 0 Å². The number of rotatable bonds is 8. The standard InChI is InChI=1S/C23H30N2O5S/c1-17-4-6-21(7-5-17)30-16-18(2)24-23(26)19-12-14-25(15-13-19)31(27,28)22-10-8-20(29-3)9-11-22/h4-11,18-19H,12-16H2,1-3H3,(H,24,26)/t18-/m0/s1. The predicted molar refractivity (Wildman–Crippen MR) is 119 cm³/mol. The van der Waals surface area contributed by atoms with Gasteiger partial charge in [0.05, 0.1) is 18.0 Å². The monoisotopic (exact) mass is 446 g/mol. The Balaban J connectivity index is 1.47. The number of carbonyl (C=O) groups excluding carboxylic acids is 1. The minimum atomic E-state index is -3.58. The molecule has 2 aromatic rings. The van der Waals surface area contributed by atoms with Crippen molar-refractivity contribution in [2.75, 3.05) is 26.8 Å². The van der Waals surface area contributed by atoms with E-state index >= 15 is 0 Å². The maximum Gasteiger partial charge on any atom is 0.243 e. The third kappa shape index (κ3) is 5.98. The van der Waals surface area contributed by atoms with Gasteiger partial charge in [-0.3, -0.25) is 4.79 Å². The predicted octanol–water partition coefficient (Wildman–Crippen LogP) is 2.99. The molecular formula is C23H30N2O5S. The highest BCUT2D eigenvalue weighted by molar-refractivity contribution is 7.89. The van der Waals surface area contributed by atoms with Crippen molar-refractivity contribution in [1.82, 2.24) is 9.62 Å². The number of aryl methyl sites for hydroxylation is 1. The van der Waals surface area contributed by atoms with E-state index < -0.39 is 10.0 Å². The van der Waals surface area contributed by atoms with Crippen LogP contribution in [-0.4, -0.2) is 51.5 Å². The number of sulfonamides is 1. The summed E-state index contributed by atoms with van der Waals surface area (Å²) in [5.74, 6) is 1.11. The molecule has 1 amide bonds. The molecule has 8 heteroatoms. The number of benzene rings is 2. The van der Waals surface area contributed by atoms with Gasteiger partial charge in [0.1, 0.15) is 18.1 Å². The molecule has 0 aromatic heterocycles. The van der Waals surface area contributed by atoms with Crippen molar-refractivity contribution in [3.05, 3.63) is 54.1 Å². The lowest BCUT2D eigenvalue weighted by molar-refractivity contribution is -0.126. The van der Waals surface area contributed by atoms with Crippen LogP contribution in [0.15, 0.2) is 53.4 Å². The Kier molecular flexibility index (Phi) is 7.56. The lowest BCUT2D eigenvalue weighted by atomic mass is 9.97. The summed E-state index contributed by atoms with van der Waals surface area (Å²) in [5, 5.41) is 2.98. The van der Waals surface area contributed by atoms with Gasteiger partial charge in [0.2, 0.25) is 15.9 Å². The minimum Gasteiger partial charge on any atom is -0.497 e. The topological polar surface area (TPSA) is 84.9 Å². The molecule has 0 aliphatic carbocycles. The van der Waals surface area contributed by atoms with E-state index in [1.165, 1.54) is 11.4 Å². The van der Waals surface area contributed by atoms with E-state index in [1.54, 1.807) is 24.3 Å². The summed E-state index contributed by atoms with van der Waals surface area (Å²) < 4.78 is 38.0. The van der Waals surface area contributed by atoms with Crippen LogP contribution in [0.5, 0.6) is 11.5 Å². The van der Waals surface area contributed by atoms with Gasteiger partial charge in [0.25, 0.3) is 0 Å². The van der Waals surface area contributed by atoms with Crippen LogP contribution in [0.25, 0.3) is 0 Å². The average Bonchev–Trinajstić information content (AvgIpc) is 2.78. The van der Waals surface area contributed by atoms with Gasteiger partial charge in [-0.15, -0.1) is 0 Å². The third-order valence-electron chi connectivity index (χ3n) is 5.43. The Hall–Kier alpha value is -2.58. The van der Waals surface area contributed by atoms with Gasteiger partial charge < -0.3 is 14.8 Å².